The molecule has 0 saturated carbocycles. The zero-order valence-electron chi connectivity index (χ0n) is 19.2. The Morgan fingerprint density at radius 3 is 2.13 bits per heavy atom. The maximum Gasteiger partial charge on any atom is 0.255 e. The highest BCUT2D eigenvalue weighted by Gasteiger charge is 2.24. The van der Waals surface area contributed by atoms with Crippen LogP contribution in [0.15, 0.2) is 54.6 Å². The Labute approximate surface area is 186 Å². The molecule has 31 heavy (non-hydrogen) atoms. The number of anilines is 2. The predicted molar refractivity (Wildman–Crippen MR) is 127 cm³/mol. The summed E-state index contributed by atoms with van der Waals surface area (Å²) in [7, 11) is 0. The Hall–Kier alpha value is -2.82. The summed E-state index contributed by atoms with van der Waals surface area (Å²) in [6.45, 7) is 12.0. The lowest BCUT2D eigenvalue weighted by molar-refractivity contribution is -0.132. The fourth-order valence-electron chi connectivity index (χ4n) is 4.31. The Morgan fingerprint density at radius 2 is 1.55 bits per heavy atom. The van der Waals surface area contributed by atoms with Gasteiger partial charge in [-0.15, -0.1) is 0 Å². The molecule has 2 aromatic rings. The van der Waals surface area contributed by atoms with Gasteiger partial charge in [-0.3, -0.25) is 9.59 Å². The van der Waals surface area contributed by atoms with Crippen molar-refractivity contribution >= 4 is 23.2 Å². The van der Waals surface area contributed by atoms with Crippen LogP contribution in [0.1, 0.15) is 50.9 Å². The van der Waals surface area contributed by atoms with Crippen LogP contribution in [0.5, 0.6) is 0 Å². The van der Waals surface area contributed by atoms with E-state index in [9.17, 15) is 9.59 Å². The molecule has 1 N–H and O–H groups in total. The van der Waals surface area contributed by atoms with Crippen molar-refractivity contribution < 1.29 is 9.59 Å². The van der Waals surface area contributed by atoms with Gasteiger partial charge in [-0.05, 0) is 54.2 Å². The lowest BCUT2D eigenvalue weighted by Gasteiger charge is -2.37. The molecule has 3 rings (SSSR count). The third-order valence-electron chi connectivity index (χ3n) is 5.64. The SMILES string of the molecule is C[C@H](CC(=O)N1CCN(c2ccc(NC(=O)c3ccccc3)cc2)CC1)CC(C)(C)C. The summed E-state index contributed by atoms with van der Waals surface area (Å²) in [5.41, 5.74) is 2.79. The Balaban J connectivity index is 1.48. The van der Waals surface area contributed by atoms with E-state index in [-0.39, 0.29) is 17.2 Å². The summed E-state index contributed by atoms with van der Waals surface area (Å²) >= 11 is 0. The highest BCUT2D eigenvalue weighted by atomic mass is 16.2. The minimum absolute atomic E-state index is 0.110. The van der Waals surface area contributed by atoms with Crippen LogP contribution in [-0.4, -0.2) is 42.9 Å². The lowest BCUT2D eigenvalue weighted by atomic mass is 9.84. The van der Waals surface area contributed by atoms with Crippen molar-refractivity contribution in [3.05, 3.63) is 60.2 Å². The van der Waals surface area contributed by atoms with Crippen LogP contribution >= 0.6 is 0 Å². The van der Waals surface area contributed by atoms with Gasteiger partial charge in [0.25, 0.3) is 5.91 Å². The highest BCUT2D eigenvalue weighted by molar-refractivity contribution is 6.04. The van der Waals surface area contributed by atoms with Gasteiger partial charge in [0.1, 0.15) is 0 Å². The van der Waals surface area contributed by atoms with Crippen LogP contribution < -0.4 is 10.2 Å². The van der Waals surface area contributed by atoms with Gasteiger partial charge < -0.3 is 15.1 Å². The van der Waals surface area contributed by atoms with Crippen molar-refractivity contribution in [1.82, 2.24) is 4.90 Å². The topological polar surface area (TPSA) is 52.7 Å². The molecule has 5 heteroatoms. The highest BCUT2D eigenvalue weighted by Crippen LogP contribution is 2.27. The molecule has 2 amide bonds. The Bertz CT molecular complexity index is 864. The van der Waals surface area contributed by atoms with Crippen LogP contribution in [0.4, 0.5) is 11.4 Å². The molecule has 1 fully saturated rings. The second kappa shape index (κ2) is 9.99. The number of benzene rings is 2. The molecule has 0 spiro atoms. The minimum Gasteiger partial charge on any atom is -0.368 e. The average Bonchev–Trinajstić information content (AvgIpc) is 2.73. The van der Waals surface area contributed by atoms with E-state index in [0.29, 0.717) is 17.9 Å². The van der Waals surface area contributed by atoms with E-state index in [1.165, 1.54) is 0 Å². The quantitative estimate of drug-likeness (QED) is 0.710. The summed E-state index contributed by atoms with van der Waals surface area (Å²) in [6, 6.07) is 17.1. The third-order valence-corrected chi connectivity index (χ3v) is 5.64. The van der Waals surface area contributed by atoms with Gasteiger partial charge in [0.15, 0.2) is 0 Å². The molecule has 0 unspecified atom stereocenters. The van der Waals surface area contributed by atoms with E-state index in [2.05, 4.69) is 37.9 Å². The molecule has 166 valence electrons. The smallest absolute Gasteiger partial charge is 0.255 e. The maximum absolute atomic E-state index is 12.7. The third kappa shape index (κ3) is 6.84. The first-order valence-corrected chi connectivity index (χ1v) is 11.2. The number of carbonyl (C=O) groups is 2. The molecule has 0 aromatic heterocycles. The van der Waals surface area contributed by atoms with Crippen molar-refractivity contribution in [2.45, 2.75) is 40.5 Å². The number of nitrogens with zero attached hydrogens (tertiary/aromatic N) is 2. The summed E-state index contributed by atoms with van der Waals surface area (Å²) in [4.78, 5) is 29.3. The van der Waals surface area contributed by atoms with E-state index in [0.717, 1.165) is 44.0 Å². The summed E-state index contributed by atoms with van der Waals surface area (Å²) in [5.74, 6) is 0.570. The van der Waals surface area contributed by atoms with Gasteiger partial charge in [-0.25, -0.2) is 0 Å². The predicted octanol–water partition coefficient (Wildman–Crippen LogP) is 5.05. The summed E-state index contributed by atoms with van der Waals surface area (Å²) in [5, 5.41) is 2.93. The summed E-state index contributed by atoms with van der Waals surface area (Å²) < 4.78 is 0. The number of hydrogen-bond donors (Lipinski definition) is 1. The van der Waals surface area contributed by atoms with Crippen molar-refractivity contribution in [3.8, 4) is 0 Å². The molecule has 1 heterocycles. The first-order chi connectivity index (χ1) is 14.7. The van der Waals surface area contributed by atoms with Gasteiger partial charge in [-0.2, -0.15) is 0 Å². The van der Waals surface area contributed by atoms with E-state index in [4.69, 9.17) is 0 Å². The molecule has 0 bridgehead atoms. The molecule has 1 aliphatic rings. The van der Waals surface area contributed by atoms with Gasteiger partial charge in [0.2, 0.25) is 5.91 Å². The molecular formula is C26H35N3O2. The zero-order valence-corrected chi connectivity index (χ0v) is 19.2. The number of rotatable bonds is 6. The Kier molecular flexibility index (Phi) is 7.37. The maximum atomic E-state index is 12.7. The minimum atomic E-state index is -0.110. The largest absolute Gasteiger partial charge is 0.368 e. The molecule has 5 nitrogen and oxygen atoms in total. The first-order valence-electron chi connectivity index (χ1n) is 11.2. The normalized spacial score (nSPS) is 15.5. The second-order valence-electron chi connectivity index (χ2n) is 9.81. The number of hydrogen-bond acceptors (Lipinski definition) is 3. The number of amides is 2. The molecule has 1 atom stereocenters. The van der Waals surface area contributed by atoms with Gasteiger partial charge in [-0.1, -0.05) is 45.9 Å². The zero-order chi connectivity index (χ0) is 22.4. The van der Waals surface area contributed by atoms with Crippen LogP contribution in [0.25, 0.3) is 0 Å². The van der Waals surface area contributed by atoms with Gasteiger partial charge >= 0.3 is 0 Å². The van der Waals surface area contributed by atoms with E-state index < -0.39 is 0 Å². The van der Waals surface area contributed by atoms with Crippen LogP contribution in [0.2, 0.25) is 0 Å². The van der Waals surface area contributed by atoms with Crippen molar-refractivity contribution in [3.63, 3.8) is 0 Å². The monoisotopic (exact) mass is 421 g/mol. The molecule has 1 aliphatic heterocycles. The Morgan fingerprint density at radius 1 is 0.935 bits per heavy atom. The van der Waals surface area contributed by atoms with E-state index >= 15 is 0 Å². The molecule has 2 aromatic carbocycles. The average molecular weight is 422 g/mol. The fourth-order valence-corrected chi connectivity index (χ4v) is 4.31. The fraction of sp³-hybridized carbons (Fsp3) is 0.462. The number of nitrogens with one attached hydrogen (secondary N) is 1. The number of carbonyl (C=O) groups excluding carboxylic acids is 2. The standard InChI is InChI=1S/C26H35N3O2/c1-20(19-26(2,3)4)18-24(30)29-16-14-28(15-17-29)23-12-10-22(11-13-23)27-25(31)21-8-6-5-7-9-21/h5-13,20H,14-19H2,1-4H3,(H,27,31)/t20-/m1/s1. The second-order valence-corrected chi connectivity index (χ2v) is 9.81. The molecular weight excluding hydrogens is 386 g/mol. The van der Waals surface area contributed by atoms with Crippen LogP contribution in [0, 0.1) is 11.3 Å². The van der Waals surface area contributed by atoms with Gasteiger partial charge in [0, 0.05) is 49.5 Å². The summed E-state index contributed by atoms with van der Waals surface area (Å²) in [6.07, 6.45) is 1.69. The lowest BCUT2D eigenvalue weighted by Crippen LogP contribution is -2.49. The van der Waals surface area contributed by atoms with Crippen molar-refractivity contribution in [1.29, 1.82) is 0 Å². The molecule has 1 saturated heterocycles. The van der Waals surface area contributed by atoms with E-state index in [1.807, 2.05) is 47.4 Å². The van der Waals surface area contributed by atoms with Crippen molar-refractivity contribution in [2.24, 2.45) is 11.3 Å². The van der Waals surface area contributed by atoms with Crippen LogP contribution in [0.3, 0.4) is 0 Å². The van der Waals surface area contributed by atoms with Crippen molar-refractivity contribution in [2.75, 3.05) is 36.4 Å². The van der Waals surface area contributed by atoms with Crippen LogP contribution in [-0.2, 0) is 4.79 Å². The van der Waals surface area contributed by atoms with E-state index in [1.54, 1.807) is 12.1 Å². The first kappa shape index (κ1) is 22.9. The number of piperazine rings is 1. The van der Waals surface area contributed by atoms with Gasteiger partial charge in [0.05, 0.1) is 0 Å². The molecule has 0 aliphatic carbocycles. The molecule has 0 radical (unpaired) electrons.